The Kier molecular flexibility index (Phi) is 6.56. The predicted molar refractivity (Wildman–Crippen MR) is 79.6 cm³/mol. The van der Waals surface area contributed by atoms with Gasteiger partial charge < -0.3 is 10.5 Å². The molecular weight excluding hydrogens is 367 g/mol. The fourth-order valence-corrected chi connectivity index (χ4v) is 3.62. The van der Waals surface area contributed by atoms with Crippen LogP contribution in [0.25, 0.3) is 0 Å². The van der Waals surface area contributed by atoms with Crippen LogP contribution >= 0.6 is 15.9 Å². The van der Waals surface area contributed by atoms with Crippen LogP contribution in [-0.4, -0.2) is 27.5 Å². The van der Waals surface area contributed by atoms with Gasteiger partial charge in [0.15, 0.2) is 0 Å². The number of nitrogens with two attached hydrogens (primary N) is 1. The van der Waals surface area contributed by atoms with Gasteiger partial charge in [-0.1, -0.05) is 0 Å². The number of hydrogen-bond acceptors (Lipinski definition) is 5. The van der Waals surface area contributed by atoms with Crippen LogP contribution in [0.1, 0.15) is 19.8 Å². The molecule has 0 aliphatic heterocycles. The second kappa shape index (κ2) is 7.71. The first-order valence-corrected chi connectivity index (χ1v) is 8.45. The molecule has 6 nitrogen and oxygen atoms in total. The van der Waals surface area contributed by atoms with Crippen molar-refractivity contribution >= 4 is 37.6 Å². The van der Waals surface area contributed by atoms with Gasteiger partial charge in [-0.3, -0.25) is 4.79 Å². The Labute approximate surface area is 131 Å². The Bertz CT molecular complexity index is 622. The summed E-state index contributed by atoms with van der Waals surface area (Å²) in [6.45, 7) is 2.04. The molecular formula is C12H16BrFN2O4S. The highest BCUT2D eigenvalue weighted by Gasteiger charge is 2.19. The van der Waals surface area contributed by atoms with Crippen molar-refractivity contribution in [1.29, 1.82) is 0 Å². The minimum atomic E-state index is -3.84. The monoisotopic (exact) mass is 382 g/mol. The number of benzene rings is 1. The number of ether oxygens (including phenoxy) is 1. The summed E-state index contributed by atoms with van der Waals surface area (Å²) >= 11 is 2.98. The predicted octanol–water partition coefficient (Wildman–Crippen LogP) is 1.79. The molecule has 1 aromatic rings. The van der Waals surface area contributed by atoms with E-state index in [1.165, 1.54) is 0 Å². The molecule has 0 atom stereocenters. The van der Waals surface area contributed by atoms with E-state index >= 15 is 0 Å². The molecule has 9 heteroatoms. The molecule has 1 rings (SSSR count). The molecule has 0 bridgehead atoms. The summed E-state index contributed by atoms with van der Waals surface area (Å²) in [6, 6.07) is 2.02. The zero-order chi connectivity index (χ0) is 16.0. The zero-order valence-corrected chi connectivity index (χ0v) is 13.8. The summed E-state index contributed by atoms with van der Waals surface area (Å²) in [5.41, 5.74) is 5.11. The fourth-order valence-electron chi connectivity index (χ4n) is 1.50. The lowest BCUT2D eigenvalue weighted by atomic mass is 10.3. The molecule has 0 aliphatic carbocycles. The van der Waals surface area contributed by atoms with Crippen molar-refractivity contribution in [2.45, 2.75) is 24.7 Å². The summed E-state index contributed by atoms with van der Waals surface area (Å²) in [7, 11) is -3.84. The number of sulfonamides is 1. The summed E-state index contributed by atoms with van der Waals surface area (Å²) in [4.78, 5) is 11.0. The molecule has 1 aromatic carbocycles. The second-order valence-corrected chi connectivity index (χ2v) is 6.70. The lowest BCUT2D eigenvalue weighted by Crippen LogP contribution is -2.26. The van der Waals surface area contributed by atoms with Crippen LogP contribution in [-0.2, 0) is 19.6 Å². The van der Waals surface area contributed by atoms with Gasteiger partial charge in [-0.2, -0.15) is 0 Å². The largest absolute Gasteiger partial charge is 0.466 e. The molecule has 118 valence electrons. The van der Waals surface area contributed by atoms with Gasteiger partial charge in [-0.05, 0) is 41.4 Å². The van der Waals surface area contributed by atoms with E-state index in [0.717, 1.165) is 12.1 Å². The first kappa shape index (κ1) is 17.9. The molecule has 21 heavy (non-hydrogen) atoms. The molecule has 0 spiro atoms. The third-order valence-electron chi connectivity index (χ3n) is 2.50. The molecule has 0 aromatic heterocycles. The number of halogens is 2. The van der Waals surface area contributed by atoms with E-state index in [1.807, 2.05) is 0 Å². The Morgan fingerprint density at radius 3 is 2.76 bits per heavy atom. The van der Waals surface area contributed by atoms with Gasteiger partial charge >= 0.3 is 5.97 Å². The highest BCUT2D eigenvalue weighted by Crippen LogP contribution is 2.26. The van der Waals surface area contributed by atoms with E-state index in [0.29, 0.717) is 6.42 Å². The molecule has 0 heterocycles. The van der Waals surface area contributed by atoms with Crippen molar-refractivity contribution in [3.8, 4) is 0 Å². The van der Waals surface area contributed by atoms with Crippen molar-refractivity contribution in [3.05, 3.63) is 22.4 Å². The van der Waals surface area contributed by atoms with Gasteiger partial charge in [-0.15, -0.1) is 0 Å². The van der Waals surface area contributed by atoms with E-state index in [2.05, 4.69) is 20.7 Å². The second-order valence-electron chi connectivity index (χ2n) is 4.11. The van der Waals surface area contributed by atoms with Crippen LogP contribution in [0.15, 0.2) is 21.5 Å². The quantitative estimate of drug-likeness (QED) is 0.425. The molecule has 0 amide bonds. The zero-order valence-electron chi connectivity index (χ0n) is 11.4. The summed E-state index contributed by atoms with van der Waals surface area (Å²) in [5, 5.41) is 0. The number of rotatable bonds is 7. The Morgan fingerprint density at radius 1 is 1.48 bits per heavy atom. The first-order valence-electron chi connectivity index (χ1n) is 6.17. The van der Waals surface area contributed by atoms with Gasteiger partial charge in [0.05, 0.1) is 17.2 Å². The highest BCUT2D eigenvalue weighted by molar-refractivity contribution is 9.10. The summed E-state index contributed by atoms with van der Waals surface area (Å²) < 4.78 is 44.4. The molecule has 0 radical (unpaired) electrons. The normalized spacial score (nSPS) is 11.4. The molecule has 0 saturated carbocycles. The van der Waals surface area contributed by atoms with Crippen LogP contribution in [0.3, 0.4) is 0 Å². The standard InChI is InChI=1S/C12H16BrFN2O4S/c1-2-20-12(17)4-3-5-16-21(18,19)11-7-10(15)9(14)6-8(11)13/h6-7,16H,2-5,15H2,1H3. The third-order valence-corrected chi connectivity index (χ3v) is 4.92. The maximum Gasteiger partial charge on any atom is 0.305 e. The molecule has 0 fully saturated rings. The van der Waals surface area contributed by atoms with Gasteiger partial charge in [0.1, 0.15) is 5.82 Å². The van der Waals surface area contributed by atoms with E-state index < -0.39 is 15.8 Å². The van der Waals surface area contributed by atoms with Crippen molar-refractivity contribution < 1.29 is 22.3 Å². The maximum atomic E-state index is 13.2. The van der Waals surface area contributed by atoms with Crippen molar-refractivity contribution in [1.82, 2.24) is 4.72 Å². The van der Waals surface area contributed by atoms with Crippen molar-refractivity contribution in [3.63, 3.8) is 0 Å². The topological polar surface area (TPSA) is 98.5 Å². The van der Waals surface area contributed by atoms with Gasteiger partial charge in [0.2, 0.25) is 10.0 Å². The minimum absolute atomic E-state index is 0.0604. The van der Waals surface area contributed by atoms with Crippen LogP contribution in [0.5, 0.6) is 0 Å². The average molecular weight is 383 g/mol. The molecule has 0 saturated heterocycles. The number of anilines is 1. The van der Waals surface area contributed by atoms with E-state index in [4.69, 9.17) is 10.5 Å². The average Bonchev–Trinajstić information content (AvgIpc) is 2.39. The van der Waals surface area contributed by atoms with Crippen LogP contribution in [0.4, 0.5) is 10.1 Å². The fraction of sp³-hybridized carbons (Fsp3) is 0.417. The summed E-state index contributed by atoms with van der Waals surface area (Å²) in [6.07, 6.45) is 0.412. The van der Waals surface area contributed by atoms with Crippen molar-refractivity contribution in [2.75, 3.05) is 18.9 Å². The molecule has 0 aliphatic rings. The van der Waals surface area contributed by atoms with E-state index in [1.54, 1.807) is 6.92 Å². The third kappa shape index (κ3) is 5.25. The Hall–Kier alpha value is -1.19. The van der Waals surface area contributed by atoms with Crippen LogP contribution in [0, 0.1) is 5.82 Å². The highest BCUT2D eigenvalue weighted by atomic mass is 79.9. The Balaban J connectivity index is 2.66. The molecule has 0 unspecified atom stereocenters. The number of nitrogens with one attached hydrogen (secondary N) is 1. The number of nitrogen functional groups attached to an aromatic ring is 1. The van der Waals surface area contributed by atoms with Crippen LogP contribution in [0.2, 0.25) is 0 Å². The van der Waals surface area contributed by atoms with E-state index in [-0.39, 0.29) is 40.6 Å². The number of carbonyl (C=O) groups excluding carboxylic acids is 1. The number of carbonyl (C=O) groups is 1. The maximum absolute atomic E-state index is 13.2. The Morgan fingerprint density at radius 2 is 2.14 bits per heavy atom. The van der Waals surface area contributed by atoms with Gasteiger partial charge in [0.25, 0.3) is 0 Å². The smallest absolute Gasteiger partial charge is 0.305 e. The number of hydrogen-bond donors (Lipinski definition) is 2. The summed E-state index contributed by atoms with van der Waals surface area (Å²) in [5.74, 6) is -1.09. The van der Waals surface area contributed by atoms with Crippen molar-refractivity contribution in [2.24, 2.45) is 0 Å². The SMILES string of the molecule is CCOC(=O)CCCNS(=O)(=O)c1cc(N)c(F)cc1Br. The van der Waals surface area contributed by atoms with Crippen LogP contribution < -0.4 is 10.5 Å². The van der Waals surface area contributed by atoms with Gasteiger partial charge in [-0.25, -0.2) is 17.5 Å². The van der Waals surface area contributed by atoms with Gasteiger partial charge in [0, 0.05) is 17.4 Å². The minimum Gasteiger partial charge on any atom is -0.466 e. The molecule has 3 N–H and O–H groups in total. The van der Waals surface area contributed by atoms with E-state index in [9.17, 15) is 17.6 Å². The first-order chi connectivity index (χ1) is 9.77. The lowest BCUT2D eigenvalue weighted by Gasteiger charge is -2.09. The lowest BCUT2D eigenvalue weighted by molar-refractivity contribution is -0.143. The number of esters is 1.